The molecule has 0 saturated carbocycles. The van der Waals surface area contributed by atoms with Crippen molar-refractivity contribution in [3.8, 4) is 5.75 Å². The highest BCUT2D eigenvalue weighted by atomic mass is 32.2. The molecule has 1 N–H and O–H groups in total. The number of phenolic OH excluding ortho intramolecular Hbond substituents is 1. The van der Waals surface area contributed by atoms with Gasteiger partial charge in [-0.2, -0.15) is 0 Å². The van der Waals surface area contributed by atoms with Gasteiger partial charge in [0.1, 0.15) is 5.75 Å². The van der Waals surface area contributed by atoms with Crippen molar-refractivity contribution in [1.29, 1.82) is 0 Å². The third-order valence-electron chi connectivity index (χ3n) is 2.17. The highest BCUT2D eigenvalue weighted by molar-refractivity contribution is 7.99. The molecule has 0 aromatic heterocycles. The standard InChI is InChI=1S/C12H18OS/c1-3-6-10(2)9-14-12-8-5-4-7-11(12)13/h4-5,7-8,10,13H,3,6,9H2,1-2H3. The van der Waals surface area contributed by atoms with Crippen LogP contribution in [0.1, 0.15) is 26.7 Å². The zero-order valence-corrected chi connectivity index (χ0v) is 9.68. The fourth-order valence-corrected chi connectivity index (χ4v) is 2.41. The van der Waals surface area contributed by atoms with Gasteiger partial charge in [-0.1, -0.05) is 38.8 Å². The maximum atomic E-state index is 9.53. The van der Waals surface area contributed by atoms with Gasteiger partial charge in [0.2, 0.25) is 0 Å². The highest BCUT2D eigenvalue weighted by Gasteiger charge is 2.04. The first-order valence-electron chi connectivity index (χ1n) is 5.14. The number of hydrogen-bond donors (Lipinski definition) is 1. The highest BCUT2D eigenvalue weighted by Crippen LogP contribution is 2.29. The van der Waals surface area contributed by atoms with Crippen LogP contribution in [0.5, 0.6) is 5.75 Å². The predicted molar refractivity (Wildman–Crippen MR) is 62.9 cm³/mol. The van der Waals surface area contributed by atoms with Gasteiger partial charge in [-0.15, -0.1) is 11.8 Å². The molecule has 1 nitrogen and oxygen atoms in total. The molecule has 1 atom stereocenters. The molecule has 0 radical (unpaired) electrons. The van der Waals surface area contributed by atoms with Crippen molar-refractivity contribution < 1.29 is 5.11 Å². The van der Waals surface area contributed by atoms with Crippen LogP contribution < -0.4 is 0 Å². The average molecular weight is 210 g/mol. The Bertz CT molecular complexity index is 273. The van der Waals surface area contributed by atoms with E-state index in [0.29, 0.717) is 5.75 Å². The van der Waals surface area contributed by atoms with Crippen molar-refractivity contribution >= 4 is 11.8 Å². The number of hydrogen-bond acceptors (Lipinski definition) is 2. The minimum atomic E-state index is 0.404. The quantitative estimate of drug-likeness (QED) is 0.743. The Hall–Kier alpha value is -0.630. The summed E-state index contributed by atoms with van der Waals surface area (Å²) in [5.74, 6) is 2.22. The van der Waals surface area contributed by atoms with Gasteiger partial charge in [0, 0.05) is 10.6 Å². The van der Waals surface area contributed by atoms with Crippen LogP contribution in [0.25, 0.3) is 0 Å². The first-order valence-corrected chi connectivity index (χ1v) is 6.13. The fraction of sp³-hybridized carbons (Fsp3) is 0.500. The third kappa shape index (κ3) is 3.62. The molecule has 1 rings (SSSR count). The van der Waals surface area contributed by atoms with E-state index in [1.807, 2.05) is 18.2 Å². The van der Waals surface area contributed by atoms with Crippen LogP contribution in [0, 0.1) is 5.92 Å². The van der Waals surface area contributed by atoms with Crippen molar-refractivity contribution in [2.75, 3.05) is 5.75 Å². The van der Waals surface area contributed by atoms with E-state index in [-0.39, 0.29) is 0 Å². The zero-order chi connectivity index (χ0) is 10.4. The number of rotatable bonds is 5. The lowest BCUT2D eigenvalue weighted by molar-refractivity contribution is 0.462. The van der Waals surface area contributed by atoms with Crippen molar-refractivity contribution in [2.45, 2.75) is 31.6 Å². The molecule has 0 bridgehead atoms. The van der Waals surface area contributed by atoms with Gasteiger partial charge >= 0.3 is 0 Å². The zero-order valence-electron chi connectivity index (χ0n) is 8.86. The maximum Gasteiger partial charge on any atom is 0.129 e. The molecule has 0 aliphatic rings. The number of thioether (sulfide) groups is 1. The summed E-state index contributed by atoms with van der Waals surface area (Å²) in [5.41, 5.74) is 0. The lowest BCUT2D eigenvalue weighted by atomic mass is 10.1. The summed E-state index contributed by atoms with van der Waals surface area (Å²) >= 11 is 1.75. The molecule has 0 amide bonds. The van der Waals surface area contributed by atoms with Crippen molar-refractivity contribution in [3.05, 3.63) is 24.3 Å². The Balaban J connectivity index is 2.41. The van der Waals surface area contributed by atoms with Crippen molar-refractivity contribution in [1.82, 2.24) is 0 Å². The molecule has 0 spiro atoms. The van der Waals surface area contributed by atoms with Gasteiger partial charge in [0.25, 0.3) is 0 Å². The first-order chi connectivity index (χ1) is 6.74. The van der Waals surface area contributed by atoms with Crippen LogP contribution in [0.4, 0.5) is 0 Å². The monoisotopic (exact) mass is 210 g/mol. The van der Waals surface area contributed by atoms with Crippen LogP contribution >= 0.6 is 11.8 Å². The van der Waals surface area contributed by atoms with E-state index in [1.54, 1.807) is 17.8 Å². The number of para-hydroxylation sites is 1. The van der Waals surface area contributed by atoms with E-state index < -0.39 is 0 Å². The predicted octanol–water partition coefficient (Wildman–Crippen LogP) is 3.92. The summed E-state index contributed by atoms with van der Waals surface area (Å²) in [6.07, 6.45) is 2.50. The molecular formula is C12H18OS. The first kappa shape index (κ1) is 11.4. The lowest BCUT2D eigenvalue weighted by Gasteiger charge is -2.09. The summed E-state index contributed by atoms with van der Waals surface area (Å²) in [6, 6.07) is 7.53. The van der Waals surface area contributed by atoms with Crippen LogP contribution in [-0.4, -0.2) is 10.9 Å². The van der Waals surface area contributed by atoms with E-state index >= 15 is 0 Å². The Labute approximate surface area is 90.5 Å². The summed E-state index contributed by atoms with van der Waals surface area (Å²) < 4.78 is 0. The summed E-state index contributed by atoms with van der Waals surface area (Å²) in [6.45, 7) is 4.47. The fourth-order valence-electron chi connectivity index (χ4n) is 1.39. The van der Waals surface area contributed by atoms with E-state index in [9.17, 15) is 5.11 Å². The third-order valence-corrected chi connectivity index (χ3v) is 3.56. The second kappa shape index (κ2) is 5.97. The molecule has 0 aliphatic heterocycles. The molecule has 0 heterocycles. The van der Waals surface area contributed by atoms with E-state index in [4.69, 9.17) is 0 Å². The van der Waals surface area contributed by atoms with Crippen molar-refractivity contribution in [3.63, 3.8) is 0 Å². The Kier molecular flexibility index (Phi) is 4.88. The molecule has 1 unspecified atom stereocenters. The van der Waals surface area contributed by atoms with Crippen LogP contribution in [0.15, 0.2) is 29.2 Å². The Morgan fingerprint density at radius 2 is 2.07 bits per heavy atom. The molecule has 1 aromatic rings. The van der Waals surface area contributed by atoms with Crippen LogP contribution in [0.2, 0.25) is 0 Å². The number of benzene rings is 1. The normalized spacial score (nSPS) is 12.7. The molecule has 14 heavy (non-hydrogen) atoms. The molecule has 0 aliphatic carbocycles. The molecule has 0 fully saturated rings. The number of phenols is 1. The summed E-state index contributed by atoms with van der Waals surface area (Å²) in [4.78, 5) is 0.996. The van der Waals surface area contributed by atoms with Crippen molar-refractivity contribution in [2.24, 2.45) is 5.92 Å². The van der Waals surface area contributed by atoms with Gasteiger partial charge in [-0.25, -0.2) is 0 Å². The minimum Gasteiger partial charge on any atom is -0.507 e. The van der Waals surface area contributed by atoms with Crippen LogP contribution in [0.3, 0.4) is 0 Å². The summed E-state index contributed by atoms with van der Waals surface area (Å²) in [7, 11) is 0. The summed E-state index contributed by atoms with van der Waals surface area (Å²) in [5, 5.41) is 9.53. The molecule has 78 valence electrons. The topological polar surface area (TPSA) is 20.2 Å². The lowest BCUT2D eigenvalue weighted by Crippen LogP contribution is -1.96. The Morgan fingerprint density at radius 3 is 2.71 bits per heavy atom. The molecule has 1 aromatic carbocycles. The van der Waals surface area contributed by atoms with E-state index in [0.717, 1.165) is 16.6 Å². The van der Waals surface area contributed by atoms with Gasteiger partial charge in [-0.05, 0) is 18.1 Å². The molecule has 2 heteroatoms. The van der Waals surface area contributed by atoms with Gasteiger partial charge in [-0.3, -0.25) is 0 Å². The minimum absolute atomic E-state index is 0.404. The second-order valence-corrected chi connectivity index (χ2v) is 4.73. The van der Waals surface area contributed by atoms with Gasteiger partial charge < -0.3 is 5.11 Å². The molecule has 0 saturated heterocycles. The molecular weight excluding hydrogens is 192 g/mol. The maximum absolute atomic E-state index is 9.53. The SMILES string of the molecule is CCCC(C)CSc1ccccc1O. The Morgan fingerprint density at radius 1 is 1.36 bits per heavy atom. The van der Waals surface area contributed by atoms with E-state index in [1.165, 1.54) is 12.8 Å². The van der Waals surface area contributed by atoms with Gasteiger partial charge in [0.05, 0.1) is 0 Å². The average Bonchev–Trinajstić information content (AvgIpc) is 2.17. The van der Waals surface area contributed by atoms with Gasteiger partial charge in [0.15, 0.2) is 0 Å². The largest absolute Gasteiger partial charge is 0.507 e. The number of aromatic hydroxyl groups is 1. The second-order valence-electron chi connectivity index (χ2n) is 3.67. The van der Waals surface area contributed by atoms with Crippen LogP contribution in [-0.2, 0) is 0 Å². The smallest absolute Gasteiger partial charge is 0.129 e. The van der Waals surface area contributed by atoms with E-state index in [2.05, 4.69) is 13.8 Å².